The predicted molar refractivity (Wildman–Crippen MR) is 61.5 cm³/mol. The highest BCUT2D eigenvalue weighted by molar-refractivity contribution is 6.32. The zero-order chi connectivity index (χ0) is 11.4. The molecular weight excluding hydrogens is 237 g/mol. The Morgan fingerprint density at radius 1 is 1.33 bits per heavy atom. The van der Waals surface area contributed by atoms with Gasteiger partial charge in [0.25, 0.3) is 0 Å². The summed E-state index contributed by atoms with van der Waals surface area (Å²) < 4.78 is 0. The van der Waals surface area contributed by atoms with Gasteiger partial charge in [-0.1, -0.05) is 11.6 Å². The monoisotopic (exact) mass is 249 g/mol. The Morgan fingerprint density at radius 2 is 2.00 bits per heavy atom. The van der Waals surface area contributed by atoms with Crippen molar-refractivity contribution in [3.05, 3.63) is 10.4 Å². The summed E-state index contributed by atoms with van der Waals surface area (Å²) in [6.07, 6.45) is 0. The highest BCUT2D eigenvalue weighted by Gasteiger charge is 2.09. The fourth-order valence-corrected chi connectivity index (χ4v) is 1.47. The molecule has 5 nitrogen and oxygen atoms in total. The van der Waals surface area contributed by atoms with Gasteiger partial charge in [-0.2, -0.15) is 4.98 Å². The van der Waals surface area contributed by atoms with Crippen LogP contribution in [0.3, 0.4) is 0 Å². The normalized spacial score (nSPS) is 12.9. The topological polar surface area (TPSA) is 53.9 Å². The largest absolute Gasteiger partial charge is 0.364 e. The number of anilines is 1. The number of hydrogen-bond acceptors (Lipinski definition) is 5. The fourth-order valence-electron chi connectivity index (χ4n) is 1.21. The Morgan fingerprint density at radius 3 is 2.60 bits per heavy atom. The van der Waals surface area contributed by atoms with Crippen LogP contribution in [0.5, 0.6) is 0 Å². The van der Waals surface area contributed by atoms with Gasteiger partial charge in [-0.3, -0.25) is 0 Å². The van der Waals surface area contributed by atoms with Crippen molar-refractivity contribution in [2.45, 2.75) is 13.0 Å². The summed E-state index contributed by atoms with van der Waals surface area (Å²) in [5.74, 6) is 0.464. The SMILES string of the molecule is CC(CN(C)C)Nc1nc(Cl)nnc1Cl. The average molecular weight is 250 g/mol. The van der Waals surface area contributed by atoms with Crippen LogP contribution in [-0.4, -0.2) is 46.8 Å². The van der Waals surface area contributed by atoms with Crippen LogP contribution in [0.4, 0.5) is 5.82 Å². The van der Waals surface area contributed by atoms with Crippen molar-refractivity contribution >= 4 is 29.0 Å². The van der Waals surface area contributed by atoms with E-state index in [0.29, 0.717) is 5.82 Å². The minimum absolute atomic E-state index is 0.0824. The summed E-state index contributed by atoms with van der Waals surface area (Å²) in [6.45, 7) is 2.88. The highest BCUT2D eigenvalue weighted by atomic mass is 35.5. The van der Waals surface area contributed by atoms with Gasteiger partial charge >= 0.3 is 0 Å². The number of nitrogens with zero attached hydrogens (tertiary/aromatic N) is 4. The predicted octanol–water partition coefficient (Wildman–Crippen LogP) is 1.54. The first-order valence-electron chi connectivity index (χ1n) is 4.46. The van der Waals surface area contributed by atoms with Gasteiger partial charge in [0.1, 0.15) is 0 Å². The van der Waals surface area contributed by atoms with E-state index in [0.717, 1.165) is 6.54 Å². The smallest absolute Gasteiger partial charge is 0.245 e. The lowest BCUT2D eigenvalue weighted by atomic mass is 10.3. The van der Waals surface area contributed by atoms with Crippen molar-refractivity contribution in [3.8, 4) is 0 Å². The van der Waals surface area contributed by atoms with Gasteiger partial charge in [0, 0.05) is 12.6 Å². The molecule has 0 amide bonds. The third-order valence-electron chi connectivity index (χ3n) is 1.64. The first-order chi connectivity index (χ1) is 6.99. The third-order valence-corrected chi connectivity index (χ3v) is 2.06. The lowest BCUT2D eigenvalue weighted by molar-refractivity contribution is 0.392. The van der Waals surface area contributed by atoms with Crippen molar-refractivity contribution in [1.82, 2.24) is 20.1 Å². The zero-order valence-corrected chi connectivity index (χ0v) is 10.3. The van der Waals surface area contributed by atoms with Crippen LogP contribution in [0.1, 0.15) is 6.92 Å². The summed E-state index contributed by atoms with van der Waals surface area (Å²) in [4.78, 5) is 6.01. The highest BCUT2D eigenvalue weighted by Crippen LogP contribution is 2.17. The Labute approximate surface area is 98.8 Å². The summed E-state index contributed by atoms with van der Waals surface area (Å²) in [6, 6.07) is 0.199. The van der Waals surface area contributed by atoms with Crippen molar-refractivity contribution in [2.75, 3.05) is 26.0 Å². The summed E-state index contributed by atoms with van der Waals surface area (Å²) in [5.41, 5.74) is 0. The van der Waals surface area contributed by atoms with Gasteiger partial charge in [-0.15, -0.1) is 10.2 Å². The van der Waals surface area contributed by atoms with Crippen molar-refractivity contribution in [2.24, 2.45) is 0 Å². The van der Waals surface area contributed by atoms with Crippen LogP contribution in [0.15, 0.2) is 0 Å². The Kier molecular flexibility index (Phi) is 4.50. The number of halogens is 2. The molecule has 1 aromatic heterocycles. The van der Waals surface area contributed by atoms with Gasteiger partial charge in [0.05, 0.1) is 0 Å². The van der Waals surface area contributed by atoms with E-state index in [1.165, 1.54) is 0 Å². The third kappa shape index (κ3) is 4.15. The van der Waals surface area contributed by atoms with E-state index in [9.17, 15) is 0 Å². The molecule has 0 saturated heterocycles. The molecule has 0 fully saturated rings. The second kappa shape index (κ2) is 5.44. The zero-order valence-electron chi connectivity index (χ0n) is 8.83. The maximum absolute atomic E-state index is 5.81. The number of nitrogens with one attached hydrogen (secondary N) is 1. The van der Waals surface area contributed by atoms with Gasteiger partial charge in [0.2, 0.25) is 5.28 Å². The number of likely N-dealkylation sites (N-methyl/N-ethyl adjacent to an activating group) is 1. The van der Waals surface area contributed by atoms with E-state index in [2.05, 4.69) is 25.4 Å². The van der Waals surface area contributed by atoms with E-state index >= 15 is 0 Å². The van der Waals surface area contributed by atoms with Crippen molar-refractivity contribution < 1.29 is 0 Å². The summed E-state index contributed by atoms with van der Waals surface area (Å²) >= 11 is 11.4. The molecule has 1 unspecified atom stereocenters. The van der Waals surface area contributed by atoms with Gasteiger partial charge in [0.15, 0.2) is 11.0 Å². The van der Waals surface area contributed by atoms with Crippen molar-refractivity contribution in [1.29, 1.82) is 0 Å². The average Bonchev–Trinajstić information content (AvgIpc) is 2.10. The maximum Gasteiger partial charge on any atom is 0.245 e. The Balaban J connectivity index is 2.67. The van der Waals surface area contributed by atoms with E-state index in [1.54, 1.807) is 0 Å². The number of aromatic nitrogens is 3. The Bertz CT molecular complexity index is 331. The lowest BCUT2D eigenvalue weighted by Crippen LogP contribution is -2.30. The first kappa shape index (κ1) is 12.4. The molecule has 0 spiro atoms. The summed E-state index contributed by atoms with van der Waals surface area (Å²) in [7, 11) is 3.98. The number of rotatable bonds is 4. The van der Waals surface area contributed by atoms with Crippen LogP contribution >= 0.6 is 23.2 Å². The fraction of sp³-hybridized carbons (Fsp3) is 0.625. The van der Waals surface area contributed by atoms with Gasteiger partial charge < -0.3 is 10.2 Å². The molecule has 0 aliphatic rings. The first-order valence-corrected chi connectivity index (χ1v) is 5.21. The quantitative estimate of drug-likeness (QED) is 0.878. The molecule has 0 radical (unpaired) electrons. The second-order valence-corrected chi connectivity index (χ2v) is 4.22. The van der Waals surface area contributed by atoms with Gasteiger partial charge in [-0.05, 0) is 32.6 Å². The molecule has 1 N–H and O–H groups in total. The molecule has 1 atom stereocenters. The molecule has 1 aromatic rings. The molecule has 1 heterocycles. The van der Waals surface area contributed by atoms with Crippen LogP contribution < -0.4 is 5.32 Å². The van der Waals surface area contributed by atoms with Crippen molar-refractivity contribution in [3.63, 3.8) is 0 Å². The van der Waals surface area contributed by atoms with E-state index < -0.39 is 0 Å². The molecule has 84 valence electrons. The van der Waals surface area contributed by atoms with Crippen LogP contribution in [0.2, 0.25) is 10.4 Å². The Hall–Kier alpha value is -0.650. The molecule has 0 aliphatic carbocycles. The van der Waals surface area contributed by atoms with Crippen LogP contribution in [0, 0.1) is 0 Å². The standard InChI is InChI=1S/C8H13Cl2N5/c1-5(4-15(2)3)11-7-6(9)13-14-8(10)12-7/h5H,4H2,1-3H3,(H,11,12,14). The second-order valence-electron chi connectivity index (χ2n) is 3.53. The number of hydrogen-bond donors (Lipinski definition) is 1. The molecule has 1 rings (SSSR count). The maximum atomic E-state index is 5.81. The van der Waals surface area contributed by atoms with Crippen LogP contribution in [-0.2, 0) is 0 Å². The molecule has 0 aliphatic heterocycles. The van der Waals surface area contributed by atoms with E-state index in [4.69, 9.17) is 23.2 Å². The van der Waals surface area contributed by atoms with Crippen LogP contribution in [0.25, 0.3) is 0 Å². The molecule has 0 aromatic carbocycles. The molecular formula is C8H13Cl2N5. The minimum atomic E-state index is 0.0824. The van der Waals surface area contributed by atoms with E-state index in [-0.39, 0.29) is 16.5 Å². The molecule has 7 heteroatoms. The molecule has 0 bridgehead atoms. The van der Waals surface area contributed by atoms with E-state index in [1.807, 2.05) is 21.0 Å². The minimum Gasteiger partial charge on any atom is -0.364 e. The lowest BCUT2D eigenvalue weighted by Gasteiger charge is -2.18. The summed E-state index contributed by atoms with van der Waals surface area (Å²) in [5, 5.41) is 10.6. The van der Waals surface area contributed by atoms with Gasteiger partial charge in [-0.25, -0.2) is 0 Å². The molecule has 0 saturated carbocycles. The molecule has 15 heavy (non-hydrogen) atoms.